The van der Waals surface area contributed by atoms with Crippen molar-refractivity contribution in [3.8, 4) is 0 Å². The van der Waals surface area contributed by atoms with E-state index in [9.17, 15) is 25.2 Å². The average Bonchev–Trinajstić information content (AvgIpc) is 2.89. The monoisotopic (exact) mass is 546 g/mol. The smallest absolute Gasteiger partial charge is 0.315 e. The molecule has 0 spiro atoms. The average molecular weight is 547 g/mol. The lowest BCUT2D eigenvalue weighted by atomic mass is 9.91. The van der Waals surface area contributed by atoms with Gasteiger partial charge in [-0.1, -0.05) is 42.5 Å². The van der Waals surface area contributed by atoms with Gasteiger partial charge in [-0.05, 0) is 80.5 Å². The molecule has 1 fully saturated rings. The van der Waals surface area contributed by atoms with Gasteiger partial charge in [-0.15, -0.1) is 11.8 Å². The van der Waals surface area contributed by atoms with Gasteiger partial charge < -0.3 is 35.8 Å². The van der Waals surface area contributed by atoms with E-state index in [1.54, 1.807) is 20.1 Å². The number of amides is 2. The predicted octanol–water partition coefficient (Wildman–Crippen LogP) is 2.82. The van der Waals surface area contributed by atoms with Gasteiger partial charge in [-0.2, -0.15) is 0 Å². The van der Waals surface area contributed by atoms with Crippen LogP contribution in [-0.2, 0) is 17.6 Å². The highest BCUT2D eigenvalue weighted by atomic mass is 32.2. The van der Waals surface area contributed by atoms with E-state index >= 15 is 0 Å². The van der Waals surface area contributed by atoms with Crippen LogP contribution in [0.15, 0.2) is 42.5 Å². The standard InChI is InChI=1S/C29H42N2O6S/c1-18-8-13-21(26-24(34)23(33)25(35)27(37-26)38-4)16-22(18)15-20-11-9-19(10-12-20)7-5-6-14-30-28(36)31-29(2,3)17-32/h8-13,16,23-27,32-35H,5-7,14-15,17H2,1-4H3,(H2,30,31,36)/t23-,24-,25+,26+,27-/m1/s1. The number of thioether (sulfide) groups is 1. The Labute approximate surface area is 229 Å². The minimum absolute atomic E-state index is 0.118. The van der Waals surface area contributed by atoms with Gasteiger partial charge >= 0.3 is 6.03 Å². The molecular weight excluding hydrogens is 504 g/mol. The Morgan fingerprint density at radius 3 is 2.34 bits per heavy atom. The Bertz CT molecular complexity index is 1050. The fourth-order valence-corrected chi connectivity index (χ4v) is 5.14. The second-order valence-corrected chi connectivity index (χ2v) is 11.6. The maximum Gasteiger partial charge on any atom is 0.315 e. The minimum atomic E-state index is -1.27. The number of aliphatic hydroxyl groups excluding tert-OH is 4. The van der Waals surface area contributed by atoms with E-state index < -0.39 is 35.4 Å². The predicted molar refractivity (Wildman–Crippen MR) is 150 cm³/mol. The molecule has 9 heteroatoms. The lowest BCUT2D eigenvalue weighted by molar-refractivity contribution is -0.200. The van der Waals surface area contributed by atoms with E-state index in [2.05, 4.69) is 34.9 Å². The van der Waals surface area contributed by atoms with Gasteiger partial charge in [0.05, 0.1) is 12.1 Å². The molecular formula is C29H42N2O6S. The SMILES string of the molecule is CS[C@H]1O[C@@H](c2ccc(C)c(Cc3ccc(CCCCNC(=O)NC(C)(C)CO)cc3)c2)[C@H](O)[C@@H](O)[C@@H]1O. The van der Waals surface area contributed by atoms with Crippen molar-refractivity contribution in [2.45, 2.75) is 81.8 Å². The van der Waals surface area contributed by atoms with Crippen molar-refractivity contribution in [2.24, 2.45) is 0 Å². The molecule has 1 aliphatic rings. The van der Waals surface area contributed by atoms with E-state index in [0.717, 1.165) is 42.4 Å². The lowest BCUT2D eigenvalue weighted by Gasteiger charge is -2.40. The molecule has 0 radical (unpaired) electrons. The molecule has 0 saturated carbocycles. The van der Waals surface area contributed by atoms with Crippen LogP contribution in [0, 0.1) is 6.92 Å². The van der Waals surface area contributed by atoms with Gasteiger partial charge in [0, 0.05) is 6.54 Å². The number of hydrogen-bond acceptors (Lipinski definition) is 7. The third-order valence-corrected chi connectivity index (χ3v) is 7.80. The van der Waals surface area contributed by atoms with Crippen LogP contribution in [0.3, 0.4) is 0 Å². The van der Waals surface area contributed by atoms with E-state index in [1.807, 2.05) is 25.1 Å². The molecule has 1 aliphatic heterocycles. The first-order valence-electron chi connectivity index (χ1n) is 13.1. The summed E-state index contributed by atoms with van der Waals surface area (Å²) in [5.41, 5.74) is 4.18. The number of aryl methyl sites for hydroxylation is 2. The molecule has 2 amide bonds. The number of benzene rings is 2. The number of aliphatic hydroxyl groups is 4. The summed E-state index contributed by atoms with van der Waals surface area (Å²) in [6.45, 7) is 6.04. The Balaban J connectivity index is 1.53. The number of ether oxygens (including phenoxy) is 1. The van der Waals surface area contributed by atoms with Crippen molar-refractivity contribution in [2.75, 3.05) is 19.4 Å². The van der Waals surface area contributed by atoms with Crippen LogP contribution in [-0.4, -0.2) is 75.2 Å². The molecule has 3 rings (SSSR count). The largest absolute Gasteiger partial charge is 0.394 e. The Morgan fingerprint density at radius 1 is 1.00 bits per heavy atom. The first-order valence-corrected chi connectivity index (χ1v) is 14.4. The second kappa shape index (κ2) is 13.8. The third kappa shape index (κ3) is 8.18. The van der Waals surface area contributed by atoms with E-state index in [-0.39, 0.29) is 12.6 Å². The number of rotatable bonds is 11. The number of carbonyl (C=O) groups is 1. The zero-order valence-electron chi connectivity index (χ0n) is 22.7. The summed E-state index contributed by atoms with van der Waals surface area (Å²) in [5.74, 6) is 0. The molecule has 8 nitrogen and oxygen atoms in total. The van der Waals surface area contributed by atoms with Crippen molar-refractivity contribution in [3.63, 3.8) is 0 Å². The van der Waals surface area contributed by atoms with Crippen molar-refractivity contribution in [1.82, 2.24) is 10.6 Å². The van der Waals surface area contributed by atoms with Crippen LogP contribution in [0.5, 0.6) is 0 Å². The Kier molecular flexibility index (Phi) is 11.0. The third-order valence-electron chi connectivity index (χ3n) is 6.95. The van der Waals surface area contributed by atoms with Crippen molar-refractivity contribution >= 4 is 17.8 Å². The molecule has 1 heterocycles. The maximum atomic E-state index is 11.9. The fraction of sp³-hybridized carbons (Fsp3) is 0.552. The molecule has 1 saturated heterocycles. The molecule has 2 aromatic carbocycles. The fourth-order valence-electron chi connectivity index (χ4n) is 4.47. The van der Waals surface area contributed by atoms with Crippen molar-refractivity contribution in [3.05, 3.63) is 70.3 Å². The number of unbranched alkanes of at least 4 members (excludes halogenated alkanes) is 1. The van der Waals surface area contributed by atoms with Gasteiger partial charge in [0.15, 0.2) is 0 Å². The quantitative estimate of drug-likeness (QED) is 0.239. The number of nitrogens with one attached hydrogen (secondary N) is 2. The zero-order valence-corrected chi connectivity index (χ0v) is 23.5. The summed E-state index contributed by atoms with van der Waals surface area (Å²) in [7, 11) is 0. The van der Waals surface area contributed by atoms with Gasteiger partial charge in [-0.25, -0.2) is 4.79 Å². The molecule has 210 valence electrons. The lowest BCUT2D eigenvalue weighted by Crippen LogP contribution is -2.52. The van der Waals surface area contributed by atoms with Crippen LogP contribution in [0.4, 0.5) is 4.79 Å². The zero-order chi connectivity index (χ0) is 27.9. The summed E-state index contributed by atoms with van der Waals surface area (Å²) >= 11 is 1.31. The Morgan fingerprint density at radius 2 is 1.68 bits per heavy atom. The molecule has 2 aromatic rings. The number of urea groups is 1. The van der Waals surface area contributed by atoms with Crippen molar-refractivity contribution < 1.29 is 30.0 Å². The van der Waals surface area contributed by atoms with Gasteiger partial charge in [-0.3, -0.25) is 0 Å². The summed E-state index contributed by atoms with van der Waals surface area (Å²) in [4.78, 5) is 11.9. The number of hydrogen-bond donors (Lipinski definition) is 6. The molecule has 5 atom stereocenters. The Hall–Kier alpha value is -2.14. The van der Waals surface area contributed by atoms with E-state index in [4.69, 9.17) is 4.74 Å². The maximum absolute atomic E-state index is 11.9. The first-order chi connectivity index (χ1) is 18.0. The summed E-state index contributed by atoms with van der Waals surface area (Å²) < 4.78 is 5.94. The normalized spacial score (nSPS) is 23.7. The van der Waals surface area contributed by atoms with E-state index in [0.29, 0.717) is 6.54 Å². The van der Waals surface area contributed by atoms with Gasteiger partial charge in [0.1, 0.15) is 29.9 Å². The van der Waals surface area contributed by atoms with Crippen molar-refractivity contribution in [1.29, 1.82) is 0 Å². The highest BCUT2D eigenvalue weighted by Crippen LogP contribution is 2.36. The summed E-state index contributed by atoms with van der Waals surface area (Å²) in [6, 6.07) is 14.2. The first kappa shape index (κ1) is 30.4. The highest BCUT2D eigenvalue weighted by molar-refractivity contribution is 7.99. The van der Waals surface area contributed by atoms with Crippen LogP contribution in [0.2, 0.25) is 0 Å². The van der Waals surface area contributed by atoms with Crippen LogP contribution in [0.25, 0.3) is 0 Å². The summed E-state index contributed by atoms with van der Waals surface area (Å²) in [6.07, 6.45) is 0.926. The topological polar surface area (TPSA) is 131 Å². The summed E-state index contributed by atoms with van der Waals surface area (Å²) in [5, 5.41) is 45.8. The van der Waals surface area contributed by atoms with E-state index in [1.165, 1.54) is 22.9 Å². The van der Waals surface area contributed by atoms with Gasteiger partial charge in [0.25, 0.3) is 0 Å². The number of carbonyl (C=O) groups excluding carboxylic acids is 1. The molecule has 0 aromatic heterocycles. The molecule has 6 N–H and O–H groups in total. The second-order valence-electron chi connectivity index (χ2n) is 10.7. The van der Waals surface area contributed by atoms with Crippen LogP contribution in [0.1, 0.15) is 60.6 Å². The van der Waals surface area contributed by atoms with Crippen LogP contribution < -0.4 is 10.6 Å². The molecule has 38 heavy (non-hydrogen) atoms. The molecule has 0 unspecified atom stereocenters. The molecule has 0 bridgehead atoms. The van der Waals surface area contributed by atoms with Crippen LogP contribution >= 0.6 is 11.8 Å². The molecule has 0 aliphatic carbocycles. The minimum Gasteiger partial charge on any atom is -0.394 e. The highest BCUT2D eigenvalue weighted by Gasteiger charge is 2.44. The van der Waals surface area contributed by atoms with Gasteiger partial charge in [0.2, 0.25) is 0 Å².